The van der Waals surface area contributed by atoms with Crippen LogP contribution in [0, 0.1) is 6.92 Å². The average molecular weight is 456 g/mol. The first-order valence-corrected chi connectivity index (χ1v) is 11.0. The van der Waals surface area contributed by atoms with Gasteiger partial charge in [-0.3, -0.25) is 19.4 Å². The highest BCUT2D eigenvalue weighted by molar-refractivity contribution is 9.10. The number of carbonyl (C=O) groups excluding carboxylic acids is 2. The van der Waals surface area contributed by atoms with Crippen molar-refractivity contribution in [2.75, 3.05) is 44.2 Å². The minimum Gasteiger partial charge on any atom is -0.369 e. The van der Waals surface area contributed by atoms with Crippen molar-refractivity contribution in [3.8, 4) is 0 Å². The van der Waals surface area contributed by atoms with Gasteiger partial charge in [0.1, 0.15) is 0 Å². The van der Waals surface area contributed by atoms with Crippen molar-refractivity contribution >= 4 is 33.4 Å². The van der Waals surface area contributed by atoms with E-state index >= 15 is 0 Å². The van der Waals surface area contributed by atoms with Crippen molar-refractivity contribution in [3.05, 3.63) is 63.6 Å². The van der Waals surface area contributed by atoms with Crippen molar-refractivity contribution in [3.63, 3.8) is 0 Å². The number of imide groups is 1. The van der Waals surface area contributed by atoms with Crippen LogP contribution in [0.2, 0.25) is 0 Å². The smallest absolute Gasteiger partial charge is 0.261 e. The number of aryl methyl sites for hydroxylation is 1. The first-order valence-electron chi connectivity index (χ1n) is 10.2. The third kappa shape index (κ3) is 4.23. The van der Waals surface area contributed by atoms with Gasteiger partial charge in [-0.1, -0.05) is 28.1 Å². The molecule has 0 N–H and O–H groups in total. The standard InChI is InChI=1S/C23H26BrN3O2/c1-17-16-18(24)8-9-21(17)26-14-12-25(13-15-26)10-4-5-11-27-22(28)19-6-2-3-7-20(19)23(27)29/h2-3,6-9,16H,4-5,10-15H2,1H3. The van der Waals surface area contributed by atoms with E-state index in [0.717, 1.165) is 50.0 Å². The minimum absolute atomic E-state index is 0.149. The van der Waals surface area contributed by atoms with Crippen LogP contribution < -0.4 is 4.90 Å². The van der Waals surface area contributed by atoms with E-state index in [2.05, 4.69) is 50.9 Å². The average Bonchev–Trinajstić information content (AvgIpc) is 2.97. The van der Waals surface area contributed by atoms with Crippen LogP contribution in [0.4, 0.5) is 5.69 Å². The maximum Gasteiger partial charge on any atom is 0.261 e. The summed E-state index contributed by atoms with van der Waals surface area (Å²) < 4.78 is 1.12. The molecule has 2 aromatic carbocycles. The molecule has 0 atom stereocenters. The Labute approximate surface area is 180 Å². The van der Waals surface area contributed by atoms with Gasteiger partial charge in [0, 0.05) is 42.9 Å². The fourth-order valence-electron chi connectivity index (χ4n) is 4.23. The van der Waals surface area contributed by atoms with E-state index in [9.17, 15) is 9.59 Å². The summed E-state index contributed by atoms with van der Waals surface area (Å²) in [6.45, 7) is 7.82. The Balaban J connectivity index is 1.21. The zero-order valence-corrected chi connectivity index (χ0v) is 18.3. The molecule has 1 saturated heterocycles. The van der Waals surface area contributed by atoms with Gasteiger partial charge < -0.3 is 4.90 Å². The Morgan fingerprint density at radius 2 is 1.48 bits per heavy atom. The maximum atomic E-state index is 12.4. The van der Waals surface area contributed by atoms with Gasteiger partial charge in [0.15, 0.2) is 0 Å². The number of rotatable bonds is 6. The quantitative estimate of drug-likeness (QED) is 0.488. The summed E-state index contributed by atoms with van der Waals surface area (Å²) >= 11 is 3.53. The summed E-state index contributed by atoms with van der Waals surface area (Å²) in [6, 6.07) is 13.6. The molecule has 2 amide bonds. The highest BCUT2D eigenvalue weighted by Crippen LogP contribution is 2.25. The number of hydrogen-bond donors (Lipinski definition) is 0. The highest BCUT2D eigenvalue weighted by atomic mass is 79.9. The fourth-order valence-corrected chi connectivity index (χ4v) is 4.71. The van der Waals surface area contributed by atoms with Gasteiger partial charge in [-0.15, -0.1) is 0 Å². The Bertz CT molecular complexity index is 887. The molecule has 0 radical (unpaired) electrons. The largest absolute Gasteiger partial charge is 0.369 e. The van der Waals surface area contributed by atoms with Crippen LogP contribution in [0.15, 0.2) is 46.9 Å². The molecule has 152 valence electrons. The molecule has 2 aliphatic rings. The number of amides is 2. The third-order valence-corrected chi connectivity index (χ3v) is 6.35. The summed E-state index contributed by atoms with van der Waals surface area (Å²) in [5.41, 5.74) is 3.70. The number of nitrogens with zero attached hydrogens (tertiary/aromatic N) is 3. The molecule has 0 bridgehead atoms. The number of piperazine rings is 1. The molecular formula is C23H26BrN3O2. The van der Waals surface area contributed by atoms with Crippen LogP contribution in [0.3, 0.4) is 0 Å². The second kappa shape index (κ2) is 8.67. The molecule has 4 rings (SSSR count). The van der Waals surface area contributed by atoms with Crippen LogP contribution >= 0.6 is 15.9 Å². The normalized spacial score (nSPS) is 17.2. The summed E-state index contributed by atoms with van der Waals surface area (Å²) in [6.07, 6.45) is 1.84. The maximum absolute atomic E-state index is 12.4. The number of unbranched alkanes of at least 4 members (excludes halogenated alkanes) is 1. The molecule has 2 aliphatic heterocycles. The molecule has 5 nitrogen and oxygen atoms in total. The van der Waals surface area contributed by atoms with Crippen molar-refractivity contribution < 1.29 is 9.59 Å². The number of benzene rings is 2. The first kappa shape index (κ1) is 20.1. The Hall–Kier alpha value is -2.18. The van der Waals surface area contributed by atoms with Gasteiger partial charge in [-0.2, -0.15) is 0 Å². The van der Waals surface area contributed by atoms with Crippen LogP contribution in [-0.2, 0) is 0 Å². The third-order valence-electron chi connectivity index (χ3n) is 5.86. The molecule has 0 aromatic heterocycles. The zero-order valence-electron chi connectivity index (χ0n) is 16.7. The second-order valence-electron chi connectivity index (χ2n) is 7.77. The van der Waals surface area contributed by atoms with Crippen LogP contribution in [0.1, 0.15) is 39.1 Å². The van der Waals surface area contributed by atoms with E-state index < -0.39 is 0 Å². The van der Waals surface area contributed by atoms with Gasteiger partial charge in [0.2, 0.25) is 0 Å². The monoisotopic (exact) mass is 455 g/mol. The van der Waals surface area contributed by atoms with Crippen LogP contribution in [0.25, 0.3) is 0 Å². The fraction of sp³-hybridized carbons (Fsp3) is 0.391. The van der Waals surface area contributed by atoms with E-state index in [1.54, 1.807) is 12.1 Å². The summed E-state index contributed by atoms with van der Waals surface area (Å²) in [5.74, 6) is -0.298. The Kier molecular flexibility index (Phi) is 6.01. The lowest BCUT2D eigenvalue weighted by Crippen LogP contribution is -2.47. The van der Waals surface area contributed by atoms with Crippen molar-refractivity contribution in [1.29, 1.82) is 0 Å². The zero-order chi connectivity index (χ0) is 20.4. The first-order chi connectivity index (χ1) is 14.0. The number of anilines is 1. The topological polar surface area (TPSA) is 43.9 Å². The minimum atomic E-state index is -0.149. The number of carbonyl (C=O) groups is 2. The molecular weight excluding hydrogens is 430 g/mol. The van der Waals surface area contributed by atoms with Crippen molar-refractivity contribution in [2.24, 2.45) is 0 Å². The van der Waals surface area contributed by atoms with Gasteiger partial charge in [-0.05, 0) is 62.2 Å². The summed E-state index contributed by atoms with van der Waals surface area (Å²) in [4.78, 5) is 31.2. The SMILES string of the molecule is Cc1cc(Br)ccc1N1CCN(CCCCN2C(=O)c3ccccc3C2=O)CC1. The van der Waals surface area contributed by atoms with Crippen molar-refractivity contribution in [1.82, 2.24) is 9.80 Å². The van der Waals surface area contributed by atoms with Gasteiger partial charge in [-0.25, -0.2) is 0 Å². The van der Waals surface area contributed by atoms with Gasteiger partial charge in [0.05, 0.1) is 11.1 Å². The van der Waals surface area contributed by atoms with Gasteiger partial charge in [0.25, 0.3) is 11.8 Å². The number of halogens is 1. The predicted octanol–water partition coefficient (Wildman–Crippen LogP) is 3.96. The van der Waals surface area contributed by atoms with E-state index in [0.29, 0.717) is 17.7 Å². The van der Waals surface area contributed by atoms with E-state index in [1.165, 1.54) is 16.2 Å². The molecule has 0 spiro atoms. The summed E-state index contributed by atoms with van der Waals surface area (Å²) in [7, 11) is 0. The molecule has 29 heavy (non-hydrogen) atoms. The molecule has 2 aromatic rings. The lowest BCUT2D eigenvalue weighted by molar-refractivity contribution is 0.0650. The Morgan fingerprint density at radius 1 is 0.862 bits per heavy atom. The molecule has 0 aliphatic carbocycles. The van der Waals surface area contributed by atoms with Crippen molar-refractivity contribution in [2.45, 2.75) is 19.8 Å². The van der Waals surface area contributed by atoms with Crippen LogP contribution in [0.5, 0.6) is 0 Å². The van der Waals surface area contributed by atoms with E-state index in [4.69, 9.17) is 0 Å². The summed E-state index contributed by atoms with van der Waals surface area (Å²) in [5, 5.41) is 0. The lowest BCUT2D eigenvalue weighted by Gasteiger charge is -2.37. The number of hydrogen-bond acceptors (Lipinski definition) is 4. The highest BCUT2D eigenvalue weighted by Gasteiger charge is 2.34. The molecule has 1 fully saturated rings. The number of fused-ring (bicyclic) bond motifs is 1. The van der Waals surface area contributed by atoms with Crippen LogP contribution in [-0.4, -0.2) is 60.9 Å². The lowest BCUT2D eigenvalue weighted by atomic mass is 10.1. The molecule has 2 heterocycles. The van der Waals surface area contributed by atoms with Gasteiger partial charge >= 0.3 is 0 Å². The Morgan fingerprint density at radius 3 is 2.10 bits per heavy atom. The van der Waals surface area contributed by atoms with E-state index in [-0.39, 0.29) is 11.8 Å². The molecule has 0 saturated carbocycles. The second-order valence-corrected chi connectivity index (χ2v) is 8.69. The molecule has 6 heteroatoms. The molecule has 0 unspecified atom stereocenters. The predicted molar refractivity (Wildman–Crippen MR) is 119 cm³/mol. The van der Waals surface area contributed by atoms with E-state index in [1.807, 2.05) is 12.1 Å².